The molecule has 0 amide bonds. The molecule has 0 spiro atoms. The van der Waals surface area contributed by atoms with Crippen LogP contribution in [-0.4, -0.2) is 21.8 Å². The molecule has 0 unspecified atom stereocenters. The molecular weight excluding hydrogens is 316 g/mol. The van der Waals surface area contributed by atoms with Gasteiger partial charge in [-0.2, -0.15) is 0 Å². The molecule has 1 aromatic carbocycles. The Morgan fingerprint density at radius 3 is 2.30 bits per heavy atom. The van der Waals surface area contributed by atoms with Gasteiger partial charge < -0.3 is 5.11 Å². The van der Waals surface area contributed by atoms with E-state index in [1.54, 1.807) is 6.21 Å². The molecule has 0 atom stereocenters. The molecular formula is C17H19ClN2O3. The molecule has 0 heterocycles. The molecule has 0 saturated heterocycles. The summed E-state index contributed by atoms with van der Waals surface area (Å²) in [5.41, 5.74) is -0.0671. The summed E-state index contributed by atoms with van der Waals surface area (Å²) >= 11 is 5.94. The second-order valence-electron chi connectivity index (χ2n) is 7.52. The molecule has 4 saturated carbocycles. The molecule has 23 heavy (non-hydrogen) atoms. The molecule has 5 rings (SSSR count). The third-order valence-corrected chi connectivity index (χ3v) is 5.98. The fourth-order valence-corrected chi connectivity index (χ4v) is 5.49. The lowest BCUT2D eigenvalue weighted by Gasteiger charge is -2.54. The van der Waals surface area contributed by atoms with Crippen LogP contribution in [0.3, 0.4) is 0 Å². The quantitative estimate of drug-likeness (QED) is 0.507. The van der Waals surface area contributed by atoms with Crippen LogP contribution in [0.4, 0.5) is 5.69 Å². The van der Waals surface area contributed by atoms with Gasteiger partial charge in [0.05, 0.1) is 10.5 Å². The van der Waals surface area contributed by atoms with E-state index in [0.29, 0.717) is 5.56 Å². The van der Waals surface area contributed by atoms with Crippen molar-refractivity contribution in [3.8, 4) is 5.75 Å². The molecule has 1 N–H and O–H groups in total. The Labute approximate surface area is 139 Å². The van der Waals surface area contributed by atoms with Gasteiger partial charge in [-0.25, -0.2) is 0 Å². The number of nitro benzene ring substituents is 1. The van der Waals surface area contributed by atoms with E-state index in [2.05, 4.69) is 0 Å². The topological polar surface area (TPSA) is 75.7 Å². The largest absolute Gasteiger partial charge is 0.502 e. The van der Waals surface area contributed by atoms with Crippen molar-refractivity contribution >= 4 is 23.5 Å². The van der Waals surface area contributed by atoms with Crippen LogP contribution in [0.2, 0.25) is 5.02 Å². The van der Waals surface area contributed by atoms with Crippen molar-refractivity contribution in [1.29, 1.82) is 0 Å². The standard InChI is InChI=1S/C17H19ClN2O3/c18-14-4-13(16(21)15(5-14)20(22)23)9-19-17-6-10-1-11(7-17)3-12(2-10)8-17/h4-5,9-12,21H,1-3,6-8H2. The van der Waals surface area contributed by atoms with Crippen molar-refractivity contribution in [3.63, 3.8) is 0 Å². The second kappa shape index (κ2) is 5.20. The first-order valence-electron chi connectivity index (χ1n) is 8.16. The zero-order chi connectivity index (χ0) is 16.2. The van der Waals surface area contributed by atoms with Crippen LogP contribution in [0.5, 0.6) is 5.75 Å². The van der Waals surface area contributed by atoms with Crippen LogP contribution >= 0.6 is 11.6 Å². The molecule has 0 radical (unpaired) electrons. The molecule has 122 valence electrons. The highest BCUT2D eigenvalue weighted by molar-refractivity contribution is 6.31. The summed E-state index contributed by atoms with van der Waals surface area (Å²) in [5, 5.41) is 21.3. The Balaban J connectivity index is 1.66. The van der Waals surface area contributed by atoms with Crippen LogP contribution in [0.1, 0.15) is 44.1 Å². The van der Waals surface area contributed by atoms with Crippen LogP contribution in [0, 0.1) is 27.9 Å². The molecule has 4 bridgehead atoms. The summed E-state index contributed by atoms with van der Waals surface area (Å²) in [7, 11) is 0. The van der Waals surface area contributed by atoms with Gasteiger partial charge in [0.25, 0.3) is 0 Å². The summed E-state index contributed by atoms with van der Waals surface area (Å²) in [6, 6.07) is 2.70. The molecule has 4 aliphatic rings. The van der Waals surface area contributed by atoms with Gasteiger partial charge in [0.15, 0.2) is 0 Å². The predicted octanol–water partition coefficient (Wildman–Crippen LogP) is 4.34. The zero-order valence-electron chi connectivity index (χ0n) is 12.7. The molecule has 4 aliphatic carbocycles. The van der Waals surface area contributed by atoms with E-state index in [1.807, 2.05) is 0 Å². The third kappa shape index (κ3) is 2.61. The van der Waals surface area contributed by atoms with E-state index in [1.165, 1.54) is 31.4 Å². The molecule has 4 fully saturated rings. The minimum absolute atomic E-state index is 0.0295. The number of hydrogen-bond acceptors (Lipinski definition) is 4. The molecule has 0 aromatic heterocycles. The van der Waals surface area contributed by atoms with E-state index < -0.39 is 4.92 Å². The summed E-state index contributed by atoms with van der Waals surface area (Å²) < 4.78 is 0. The Kier molecular flexibility index (Phi) is 3.38. The number of phenols is 1. The number of rotatable bonds is 3. The summed E-state index contributed by atoms with van der Waals surface area (Å²) in [5.74, 6) is 1.98. The van der Waals surface area contributed by atoms with Crippen molar-refractivity contribution in [2.24, 2.45) is 22.7 Å². The average molecular weight is 335 g/mol. The molecule has 0 aliphatic heterocycles. The van der Waals surface area contributed by atoms with Gasteiger partial charge in [-0.05, 0) is 62.3 Å². The number of aliphatic imine (C=N–C) groups is 1. The first-order chi connectivity index (χ1) is 10.9. The van der Waals surface area contributed by atoms with Crippen molar-refractivity contribution < 1.29 is 10.0 Å². The smallest absolute Gasteiger partial charge is 0.312 e. The van der Waals surface area contributed by atoms with Gasteiger partial charge in [0.2, 0.25) is 5.75 Å². The fourth-order valence-electron chi connectivity index (χ4n) is 5.27. The first kappa shape index (κ1) is 14.9. The van der Waals surface area contributed by atoms with E-state index in [-0.39, 0.29) is 22.0 Å². The Bertz CT molecular complexity index is 666. The van der Waals surface area contributed by atoms with Gasteiger partial charge in [-0.15, -0.1) is 0 Å². The van der Waals surface area contributed by atoms with Crippen molar-refractivity contribution in [1.82, 2.24) is 0 Å². The molecule has 6 heteroatoms. The highest BCUT2D eigenvalue weighted by atomic mass is 35.5. The highest BCUT2D eigenvalue weighted by Crippen LogP contribution is 2.57. The van der Waals surface area contributed by atoms with Gasteiger partial charge in [-0.1, -0.05) is 11.6 Å². The molecule has 1 aromatic rings. The lowest BCUT2D eigenvalue weighted by Crippen LogP contribution is -2.49. The average Bonchev–Trinajstić information content (AvgIpc) is 2.46. The van der Waals surface area contributed by atoms with Gasteiger partial charge >= 0.3 is 5.69 Å². The number of benzene rings is 1. The van der Waals surface area contributed by atoms with Crippen LogP contribution in [-0.2, 0) is 0 Å². The number of halogens is 1. The number of phenolic OH excluding ortho intramolecular Hbond substituents is 1. The van der Waals surface area contributed by atoms with Gasteiger partial charge in [0.1, 0.15) is 0 Å². The van der Waals surface area contributed by atoms with Crippen LogP contribution < -0.4 is 0 Å². The Morgan fingerprint density at radius 1 is 1.22 bits per heavy atom. The number of nitro groups is 1. The monoisotopic (exact) mass is 334 g/mol. The number of hydrogen-bond donors (Lipinski definition) is 1. The van der Waals surface area contributed by atoms with Crippen LogP contribution in [0.25, 0.3) is 0 Å². The second-order valence-corrected chi connectivity index (χ2v) is 7.96. The van der Waals surface area contributed by atoms with E-state index in [9.17, 15) is 15.2 Å². The fraction of sp³-hybridized carbons (Fsp3) is 0.588. The van der Waals surface area contributed by atoms with Gasteiger partial charge in [0, 0.05) is 22.9 Å². The minimum atomic E-state index is -0.622. The Hall–Kier alpha value is -1.62. The lowest BCUT2D eigenvalue weighted by molar-refractivity contribution is -0.385. The highest BCUT2D eigenvalue weighted by Gasteiger charge is 2.50. The van der Waals surface area contributed by atoms with Crippen molar-refractivity contribution in [2.75, 3.05) is 0 Å². The minimum Gasteiger partial charge on any atom is -0.502 e. The van der Waals surface area contributed by atoms with E-state index >= 15 is 0 Å². The Morgan fingerprint density at radius 2 is 1.78 bits per heavy atom. The number of aromatic hydroxyl groups is 1. The third-order valence-electron chi connectivity index (χ3n) is 5.76. The van der Waals surface area contributed by atoms with Crippen molar-refractivity contribution in [3.05, 3.63) is 32.8 Å². The maximum Gasteiger partial charge on any atom is 0.312 e. The maximum absolute atomic E-state index is 11.0. The summed E-state index contributed by atoms with van der Waals surface area (Å²) in [4.78, 5) is 15.2. The van der Waals surface area contributed by atoms with Crippen LogP contribution in [0.15, 0.2) is 17.1 Å². The maximum atomic E-state index is 11.0. The lowest BCUT2D eigenvalue weighted by atomic mass is 9.53. The van der Waals surface area contributed by atoms with Gasteiger partial charge in [-0.3, -0.25) is 15.1 Å². The predicted molar refractivity (Wildman–Crippen MR) is 88.3 cm³/mol. The van der Waals surface area contributed by atoms with E-state index in [4.69, 9.17) is 16.6 Å². The summed E-state index contributed by atoms with van der Waals surface area (Å²) in [6.45, 7) is 0. The van der Waals surface area contributed by atoms with Crippen molar-refractivity contribution in [2.45, 2.75) is 44.1 Å². The normalized spacial score (nSPS) is 35.1. The van der Waals surface area contributed by atoms with E-state index in [0.717, 1.165) is 37.0 Å². The zero-order valence-corrected chi connectivity index (χ0v) is 13.5. The SMILES string of the molecule is O=[N+]([O-])c1cc(Cl)cc(C=NC23CC4CC(CC(C4)C2)C3)c1O. The first-order valence-corrected chi connectivity index (χ1v) is 8.54. The number of nitrogens with zero attached hydrogens (tertiary/aromatic N) is 2. The molecule has 5 nitrogen and oxygen atoms in total. The summed E-state index contributed by atoms with van der Waals surface area (Å²) in [6.07, 6.45) is 8.94.